The molecule has 3 aromatic rings. The van der Waals surface area contributed by atoms with Gasteiger partial charge >= 0.3 is 0 Å². The van der Waals surface area contributed by atoms with Crippen LogP contribution in [0.25, 0.3) is 22.2 Å². The number of nitrogens with one attached hydrogen (secondary N) is 1. The van der Waals surface area contributed by atoms with Gasteiger partial charge in [0, 0.05) is 29.2 Å². The molecule has 0 fully saturated rings. The first kappa shape index (κ1) is 20.7. The van der Waals surface area contributed by atoms with Crippen molar-refractivity contribution in [3.63, 3.8) is 0 Å². The van der Waals surface area contributed by atoms with Crippen LogP contribution in [-0.2, 0) is 0 Å². The van der Waals surface area contributed by atoms with Gasteiger partial charge in [-0.2, -0.15) is 0 Å². The van der Waals surface area contributed by atoms with Gasteiger partial charge < -0.3 is 24.4 Å². The molecule has 29 heavy (non-hydrogen) atoms. The highest BCUT2D eigenvalue weighted by Gasteiger charge is 2.13. The second-order valence-electron chi connectivity index (χ2n) is 7.09. The molecule has 0 aliphatic carbocycles. The quantitative estimate of drug-likeness (QED) is 0.546. The molecule has 0 bridgehead atoms. The normalized spacial score (nSPS) is 11.0. The fraction of sp³-hybridized carbons (Fsp3) is 0.348. The van der Waals surface area contributed by atoms with Crippen molar-refractivity contribution < 1.29 is 14.2 Å². The van der Waals surface area contributed by atoms with Crippen LogP contribution in [0, 0.1) is 0 Å². The van der Waals surface area contributed by atoms with E-state index < -0.39 is 0 Å². The molecule has 0 atom stereocenters. The molecular weight excluding hydrogens is 366 g/mol. The second kappa shape index (κ2) is 9.47. The van der Waals surface area contributed by atoms with Gasteiger partial charge in [-0.05, 0) is 63.5 Å². The molecule has 1 aromatic heterocycles. The Hall–Kier alpha value is -2.99. The van der Waals surface area contributed by atoms with E-state index >= 15 is 0 Å². The number of hydrogen-bond donors (Lipinski definition) is 1. The Kier molecular flexibility index (Phi) is 6.77. The van der Waals surface area contributed by atoms with Crippen LogP contribution in [0.5, 0.6) is 17.2 Å². The smallest absolute Gasteiger partial charge is 0.162 e. The van der Waals surface area contributed by atoms with Crippen molar-refractivity contribution in [1.29, 1.82) is 0 Å². The standard InChI is InChI=1S/C23H29N3O3/c1-26(2)12-6-11-24-20-14-19(16-7-9-17(27-3)10-8-16)25-21-15-23(29-5)22(28-4)13-18(20)21/h7-10,13-15H,6,11-12H2,1-5H3,(H,24,25). The van der Waals surface area contributed by atoms with E-state index in [-0.39, 0.29) is 0 Å². The van der Waals surface area contributed by atoms with E-state index in [4.69, 9.17) is 19.2 Å². The number of ether oxygens (including phenoxy) is 3. The second-order valence-corrected chi connectivity index (χ2v) is 7.09. The van der Waals surface area contributed by atoms with Crippen LogP contribution in [0.15, 0.2) is 42.5 Å². The van der Waals surface area contributed by atoms with Gasteiger partial charge in [0.15, 0.2) is 11.5 Å². The summed E-state index contributed by atoms with van der Waals surface area (Å²) in [5.74, 6) is 2.18. The van der Waals surface area contributed by atoms with E-state index in [1.54, 1.807) is 21.3 Å². The number of hydrogen-bond acceptors (Lipinski definition) is 6. The SMILES string of the molecule is COc1ccc(-c2cc(NCCCN(C)C)c3cc(OC)c(OC)cc3n2)cc1. The molecule has 0 unspecified atom stereocenters. The summed E-state index contributed by atoms with van der Waals surface area (Å²) in [5.41, 5.74) is 3.80. The topological polar surface area (TPSA) is 55.9 Å². The lowest BCUT2D eigenvalue weighted by molar-refractivity contribution is 0.356. The predicted molar refractivity (Wildman–Crippen MR) is 118 cm³/mol. The molecule has 3 rings (SSSR count). The van der Waals surface area contributed by atoms with Crippen molar-refractivity contribution in [2.24, 2.45) is 0 Å². The lowest BCUT2D eigenvalue weighted by atomic mass is 10.1. The van der Waals surface area contributed by atoms with Crippen LogP contribution in [0.1, 0.15) is 6.42 Å². The van der Waals surface area contributed by atoms with E-state index in [2.05, 4.69) is 30.4 Å². The molecule has 0 saturated carbocycles. The average molecular weight is 396 g/mol. The van der Waals surface area contributed by atoms with Gasteiger partial charge in [0.05, 0.1) is 32.5 Å². The summed E-state index contributed by atoms with van der Waals surface area (Å²) in [4.78, 5) is 7.06. The highest BCUT2D eigenvalue weighted by Crippen LogP contribution is 2.36. The fourth-order valence-corrected chi connectivity index (χ4v) is 3.23. The minimum absolute atomic E-state index is 0.665. The summed E-state index contributed by atoms with van der Waals surface area (Å²) in [6, 6.07) is 13.9. The molecule has 6 nitrogen and oxygen atoms in total. The van der Waals surface area contributed by atoms with Crippen LogP contribution in [-0.4, -0.2) is 58.4 Å². The van der Waals surface area contributed by atoms with E-state index in [0.29, 0.717) is 11.5 Å². The molecule has 0 radical (unpaired) electrons. The molecule has 6 heteroatoms. The Labute approximate surface area is 172 Å². The number of nitrogens with zero attached hydrogens (tertiary/aromatic N) is 2. The number of rotatable bonds is 9. The van der Waals surface area contributed by atoms with Gasteiger partial charge in [-0.25, -0.2) is 4.98 Å². The summed E-state index contributed by atoms with van der Waals surface area (Å²) in [6.45, 7) is 1.90. The zero-order chi connectivity index (χ0) is 20.8. The summed E-state index contributed by atoms with van der Waals surface area (Å²) in [7, 11) is 9.12. The Bertz CT molecular complexity index is 956. The minimum atomic E-state index is 0.665. The number of aromatic nitrogens is 1. The summed E-state index contributed by atoms with van der Waals surface area (Å²) < 4.78 is 16.2. The average Bonchev–Trinajstić information content (AvgIpc) is 2.75. The number of methoxy groups -OCH3 is 3. The van der Waals surface area contributed by atoms with Crippen molar-refractivity contribution in [2.75, 3.05) is 53.8 Å². The van der Waals surface area contributed by atoms with Crippen LogP contribution in [0.3, 0.4) is 0 Å². The zero-order valence-corrected chi connectivity index (χ0v) is 17.8. The van der Waals surface area contributed by atoms with Gasteiger partial charge in [0.1, 0.15) is 5.75 Å². The first-order valence-electron chi connectivity index (χ1n) is 9.65. The highest BCUT2D eigenvalue weighted by molar-refractivity contribution is 5.96. The monoisotopic (exact) mass is 395 g/mol. The third-order valence-corrected chi connectivity index (χ3v) is 4.80. The predicted octanol–water partition coefficient (Wildman–Crippen LogP) is 4.29. The zero-order valence-electron chi connectivity index (χ0n) is 17.8. The van der Waals surface area contributed by atoms with Crippen molar-refractivity contribution in [3.8, 4) is 28.5 Å². The molecule has 2 aromatic carbocycles. The number of fused-ring (bicyclic) bond motifs is 1. The Morgan fingerprint density at radius 1 is 0.897 bits per heavy atom. The summed E-state index contributed by atoms with van der Waals surface area (Å²) in [6.07, 6.45) is 1.04. The van der Waals surface area contributed by atoms with Gasteiger partial charge in [-0.1, -0.05) is 0 Å². The number of anilines is 1. The Morgan fingerprint density at radius 2 is 1.59 bits per heavy atom. The van der Waals surface area contributed by atoms with Crippen molar-refractivity contribution in [1.82, 2.24) is 9.88 Å². The fourth-order valence-electron chi connectivity index (χ4n) is 3.23. The van der Waals surface area contributed by atoms with Crippen molar-refractivity contribution in [3.05, 3.63) is 42.5 Å². The number of pyridine rings is 1. The van der Waals surface area contributed by atoms with Gasteiger partial charge in [0.2, 0.25) is 0 Å². The first-order chi connectivity index (χ1) is 14.0. The third kappa shape index (κ3) is 4.90. The van der Waals surface area contributed by atoms with Crippen molar-refractivity contribution >= 4 is 16.6 Å². The van der Waals surface area contributed by atoms with Gasteiger partial charge in [-0.15, -0.1) is 0 Å². The summed E-state index contributed by atoms with van der Waals surface area (Å²) >= 11 is 0. The molecule has 154 valence electrons. The van der Waals surface area contributed by atoms with Gasteiger partial charge in [0.25, 0.3) is 0 Å². The lowest BCUT2D eigenvalue weighted by Crippen LogP contribution is -2.16. The maximum absolute atomic E-state index is 5.50. The highest BCUT2D eigenvalue weighted by atomic mass is 16.5. The minimum Gasteiger partial charge on any atom is -0.497 e. The first-order valence-corrected chi connectivity index (χ1v) is 9.65. The van der Waals surface area contributed by atoms with E-state index in [0.717, 1.165) is 53.1 Å². The molecule has 0 aliphatic rings. The Balaban J connectivity index is 2.04. The van der Waals surface area contributed by atoms with Gasteiger partial charge in [-0.3, -0.25) is 0 Å². The summed E-state index contributed by atoms with van der Waals surface area (Å²) in [5, 5.41) is 4.58. The van der Waals surface area contributed by atoms with E-state index in [9.17, 15) is 0 Å². The third-order valence-electron chi connectivity index (χ3n) is 4.80. The molecule has 0 spiro atoms. The molecule has 1 heterocycles. The maximum Gasteiger partial charge on any atom is 0.162 e. The lowest BCUT2D eigenvalue weighted by Gasteiger charge is -2.16. The van der Waals surface area contributed by atoms with Crippen LogP contribution in [0.4, 0.5) is 5.69 Å². The van der Waals surface area contributed by atoms with Crippen LogP contribution in [0.2, 0.25) is 0 Å². The van der Waals surface area contributed by atoms with Crippen LogP contribution >= 0.6 is 0 Å². The molecule has 0 aliphatic heterocycles. The maximum atomic E-state index is 5.50. The van der Waals surface area contributed by atoms with E-state index in [1.165, 1.54) is 0 Å². The van der Waals surface area contributed by atoms with Crippen LogP contribution < -0.4 is 19.5 Å². The van der Waals surface area contributed by atoms with Crippen molar-refractivity contribution in [2.45, 2.75) is 6.42 Å². The molecule has 0 saturated heterocycles. The van der Waals surface area contributed by atoms with E-state index in [1.807, 2.05) is 36.4 Å². The molecule has 1 N–H and O–H groups in total. The largest absolute Gasteiger partial charge is 0.497 e. The number of benzene rings is 2. The Morgan fingerprint density at radius 3 is 2.21 bits per heavy atom. The molecular formula is C23H29N3O3. The molecule has 0 amide bonds.